The number of nitrogens with one attached hydrogen (secondary N) is 1. The molecule has 1 aromatic carbocycles. The Kier molecular flexibility index (Phi) is 4.22. The summed E-state index contributed by atoms with van der Waals surface area (Å²) in [7, 11) is 0. The molecule has 1 fully saturated rings. The first-order valence-electron chi connectivity index (χ1n) is 8.29. The van der Waals surface area contributed by atoms with E-state index in [2.05, 4.69) is 28.5 Å². The lowest BCUT2D eigenvalue weighted by molar-refractivity contribution is -0.118. The summed E-state index contributed by atoms with van der Waals surface area (Å²) < 4.78 is 0.846. The molecule has 7 heteroatoms. The maximum atomic E-state index is 13.0. The van der Waals surface area contributed by atoms with E-state index in [1.165, 1.54) is 41.5 Å². The molecule has 0 bridgehead atoms. The Bertz CT molecular complexity index is 759. The van der Waals surface area contributed by atoms with Gasteiger partial charge in [-0.15, -0.1) is 10.2 Å². The molecule has 2 atom stereocenters. The van der Waals surface area contributed by atoms with Gasteiger partial charge >= 0.3 is 0 Å². The normalized spacial score (nSPS) is 20.8. The number of nitrogens with zero attached hydrogens (tertiary/aromatic N) is 3. The van der Waals surface area contributed by atoms with Crippen LogP contribution in [0.25, 0.3) is 0 Å². The third kappa shape index (κ3) is 3.15. The second-order valence-corrected chi connectivity index (χ2v) is 9.01. The quantitative estimate of drug-likeness (QED) is 0.826. The minimum Gasteiger partial charge on any atom is -0.357 e. The van der Waals surface area contributed by atoms with Crippen LogP contribution in [0.15, 0.2) is 28.6 Å². The minimum absolute atomic E-state index is 0.143. The van der Waals surface area contributed by atoms with Crippen molar-refractivity contribution in [3.05, 3.63) is 29.8 Å². The molecule has 24 heavy (non-hydrogen) atoms. The number of carbonyl (C=O) groups excluding carboxylic acids is 1. The van der Waals surface area contributed by atoms with Crippen molar-refractivity contribution in [3.63, 3.8) is 0 Å². The van der Waals surface area contributed by atoms with Gasteiger partial charge in [-0.2, -0.15) is 0 Å². The number of hydrogen-bond acceptors (Lipinski definition) is 6. The third-order valence-electron chi connectivity index (χ3n) is 4.38. The molecular weight excluding hydrogens is 340 g/mol. The van der Waals surface area contributed by atoms with Crippen LogP contribution in [-0.4, -0.2) is 33.4 Å². The molecule has 0 spiro atoms. The number of amides is 1. The van der Waals surface area contributed by atoms with Crippen molar-refractivity contribution in [2.75, 3.05) is 10.2 Å². The fraction of sp³-hybridized carbons (Fsp3) is 0.471. The predicted molar refractivity (Wildman–Crippen MR) is 99.0 cm³/mol. The lowest BCUT2D eigenvalue weighted by Crippen LogP contribution is -2.40. The van der Waals surface area contributed by atoms with Crippen LogP contribution in [-0.2, 0) is 11.2 Å². The Morgan fingerprint density at radius 1 is 1.38 bits per heavy atom. The topological polar surface area (TPSA) is 58.1 Å². The molecule has 1 saturated carbocycles. The Balaban J connectivity index is 1.45. The average molecular weight is 361 g/mol. The van der Waals surface area contributed by atoms with E-state index in [1.54, 1.807) is 0 Å². The summed E-state index contributed by atoms with van der Waals surface area (Å²) in [5.41, 5.74) is 2.30. The zero-order valence-corrected chi connectivity index (χ0v) is 15.4. The molecule has 4 rings (SSSR count). The average Bonchev–Trinajstić information content (AvgIpc) is 3.16. The van der Waals surface area contributed by atoms with Crippen molar-refractivity contribution < 1.29 is 4.79 Å². The number of rotatable bonds is 5. The number of carbonyl (C=O) groups is 1. The number of benzene rings is 1. The Morgan fingerprint density at radius 3 is 2.96 bits per heavy atom. The molecule has 1 aliphatic heterocycles. The summed E-state index contributed by atoms with van der Waals surface area (Å²) in [6.45, 7) is 4.06. The van der Waals surface area contributed by atoms with Crippen molar-refractivity contribution in [1.82, 2.24) is 10.2 Å². The van der Waals surface area contributed by atoms with E-state index in [-0.39, 0.29) is 17.2 Å². The van der Waals surface area contributed by atoms with Crippen LogP contribution in [0, 0.1) is 0 Å². The van der Waals surface area contributed by atoms with Crippen LogP contribution in [0.1, 0.15) is 32.3 Å². The minimum atomic E-state index is -0.180. The molecule has 1 amide bonds. The van der Waals surface area contributed by atoms with Gasteiger partial charge in [0.25, 0.3) is 0 Å². The number of aromatic nitrogens is 2. The molecule has 0 unspecified atom stereocenters. The summed E-state index contributed by atoms with van der Waals surface area (Å²) in [6.07, 6.45) is 3.35. The first kappa shape index (κ1) is 15.9. The third-order valence-corrected chi connectivity index (χ3v) is 6.41. The molecule has 5 nitrogen and oxygen atoms in total. The number of para-hydroxylation sites is 1. The second-order valence-electron chi connectivity index (χ2n) is 6.44. The molecule has 1 aromatic heterocycles. The fourth-order valence-corrected chi connectivity index (χ4v) is 5.04. The van der Waals surface area contributed by atoms with E-state index in [0.717, 1.165) is 21.6 Å². The van der Waals surface area contributed by atoms with E-state index >= 15 is 0 Å². The van der Waals surface area contributed by atoms with Gasteiger partial charge < -0.3 is 10.2 Å². The standard InChI is InChI=1S/C17H20N4OS2/c1-10-9-12-5-3-4-6-14(12)21(10)15(22)11(2)23-17-20-19-16(24-17)18-13-7-8-13/h3-6,10-11,13H,7-9H2,1-2H3,(H,18,19)/t10-,11-/m0/s1. The van der Waals surface area contributed by atoms with Gasteiger partial charge in [0, 0.05) is 17.8 Å². The SMILES string of the molecule is C[C@H](Sc1nnc(NC2CC2)s1)C(=O)N1c2ccccc2C[C@@H]1C. The van der Waals surface area contributed by atoms with Crippen LogP contribution in [0.2, 0.25) is 0 Å². The molecule has 1 aliphatic carbocycles. The van der Waals surface area contributed by atoms with Gasteiger partial charge in [-0.25, -0.2) is 0 Å². The van der Waals surface area contributed by atoms with Gasteiger partial charge in [-0.1, -0.05) is 41.3 Å². The van der Waals surface area contributed by atoms with Crippen LogP contribution < -0.4 is 10.2 Å². The number of fused-ring (bicyclic) bond motifs is 1. The van der Waals surface area contributed by atoms with Gasteiger partial charge in [0.2, 0.25) is 11.0 Å². The Morgan fingerprint density at radius 2 is 2.17 bits per heavy atom. The van der Waals surface area contributed by atoms with Crippen LogP contribution in [0.3, 0.4) is 0 Å². The van der Waals surface area contributed by atoms with Crippen molar-refractivity contribution in [2.24, 2.45) is 0 Å². The fourth-order valence-electron chi connectivity index (χ4n) is 3.02. The van der Waals surface area contributed by atoms with E-state index in [1.807, 2.05) is 30.0 Å². The van der Waals surface area contributed by atoms with E-state index in [4.69, 9.17) is 0 Å². The van der Waals surface area contributed by atoms with Crippen LogP contribution in [0.4, 0.5) is 10.8 Å². The lowest BCUT2D eigenvalue weighted by Gasteiger charge is -2.25. The summed E-state index contributed by atoms with van der Waals surface area (Å²) in [4.78, 5) is 14.9. The molecule has 1 N–H and O–H groups in total. The molecule has 126 valence electrons. The number of anilines is 2. The highest BCUT2D eigenvalue weighted by Crippen LogP contribution is 2.36. The zero-order chi connectivity index (χ0) is 16.7. The highest BCUT2D eigenvalue weighted by Gasteiger charge is 2.33. The number of thioether (sulfide) groups is 1. The highest BCUT2D eigenvalue weighted by molar-refractivity contribution is 8.02. The van der Waals surface area contributed by atoms with Gasteiger partial charge in [-0.3, -0.25) is 4.79 Å². The van der Waals surface area contributed by atoms with Crippen molar-refractivity contribution in [3.8, 4) is 0 Å². The van der Waals surface area contributed by atoms with Gasteiger partial charge in [-0.05, 0) is 44.7 Å². The molecule has 0 radical (unpaired) electrons. The molecular formula is C17H20N4OS2. The summed E-state index contributed by atoms with van der Waals surface area (Å²) >= 11 is 3.03. The van der Waals surface area contributed by atoms with Crippen LogP contribution >= 0.6 is 23.1 Å². The molecule has 0 saturated heterocycles. The molecule has 2 heterocycles. The van der Waals surface area contributed by atoms with Crippen LogP contribution in [0.5, 0.6) is 0 Å². The highest BCUT2D eigenvalue weighted by atomic mass is 32.2. The number of hydrogen-bond donors (Lipinski definition) is 1. The van der Waals surface area contributed by atoms with Crippen molar-refractivity contribution in [1.29, 1.82) is 0 Å². The summed E-state index contributed by atoms with van der Waals surface area (Å²) in [5, 5.41) is 12.4. The van der Waals surface area contributed by atoms with Gasteiger partial charge in [0.15, 0.2) is 4.34 Å². The maximum absolute atomic E-state index is 13.0. The van der Waals surface area contributed by atoms with E-state index < -0.39 is 0 Å². The lowest BCUT2D eigenvalue weighted by atomic mass is 10.1. The molecule has 2 aliphatic rings. The largest absolute Gasteiger partial charge is 0.357 e. The monoisotopic (exact) mass is 360 g/mol. The Labute approximate surface area is 149 Å². The Hall–Kier alpha value is -1.60. The van der Waals surface area contributed by atoms with Gasteiger partial charge in [0.05, 0.1) is 5.25 Å². The maximum Gasteiger partial charge on any atom is 0.240 e. The second kappa shape index (κ2) is 6.37. The summed E-state index contributed by atoms with van der Waals surface area (Å²) in [5.74, 6) is 0.143. The van der Waals surface area contributed by atoms with E-state index in [9.17, 15) is 4.79 Å². The van der Waals surface area contributed by atoms with Gasteiger partial charge in [0.1, 0.15) is 0 Å². The zero-order valence-electron chi connectivity index (χ0n) is 13.7. The summed E-state index contributed by atoms with van der Waals surface area (Å²) in [6, 6.07) is 8.95. The molecule has 2 aromatic rings. The van der Waals surface area contributed by atoms with Crippen molar-refractivity contribution in [2.45, 2.75) is 54.8 Å². The van der Waals surface area contributed by atoms with E-state index in [0.29, 0.717) is 6.04 Å². The first-order chi connectivity index (χ1) is 11.6. The first-order valence-corrected chi connectivity index (χ1v) is 9.99. The predicted octanol–water partition coefficient (Wildman–Crippen LogP) is 3.57. The van der Waals surface area contributed by atoms with Crippen molar-refractivity contribution >= 4 is 39.8 Å². The smallest absolute Gasteiger partial charge is 0.240 e.